The number of aryl methyl sites for hydroxylation is 1. The van der Waals surface area contributed by atoms with E-state index in [1.165, 1.54) is 16.8 Å². The van der Waals surface area contributed by atoms with Crippen molar-refractivity contribution >= 4 is 5.91 Å². The minimum atomic E-state index is 0.211. The zero-order chi connectivity index (χ0) is 18.8. The van der Waals surface area contributed by atoms with Gasteiger partial charge in [0, 0.05) is 56.0 Å². The van der Waals surface area contributed by atoms with Crippen LogP contribution in [0.3, 0.4) is 0 Å². The largest absolute Gasteiger partial charge is 0.342 e. The number of amides is 1. The molecule has 4 rings (SSSR count). The molecule has 27 heavy (non-hydrogen) atoms. The maximum Gasteiger partial charge on any atom is 0.227 e. The summed E-state index contributed by atoms with van der Waals surface area (Å²) in [4.78, 5) is 26.6. The van der Waals surface area contributed by atoms with E-state index >= 15 is 0 Å². The number of rotatable bonds is 3. The Labute approximate surface area is 161 Å². The van der Waals surface area contributed by atoms with Gasteiger partial charge in [-0.15, -0.1) is 0 Å². The number of benzene rings is 1. The lowest BCUT2D eigenvalue weighted by atomic mass is 9.96. The number of carbonyl (C=O) groups is 1. The maximum absolute atomic E-state index is 12.8. The molecule has 0 spiro atoms. The van der Waals surface area contributed by atoms with Crippen LogP contribution in [0.15, 0.2) is 30.5 Å². The van der Waals surface area contributed by atoms with Gasteiger partial charge in [0.2, 0.25) is 5.91 Å². The Morgan fingerprint density at radius 1 is 1.22 bits per heavy atom. The summed E-state index contributed by atoms with van der Waals surface area (Å²) >= 11 is 0. The number of hydrogen-bond acceptors (Lipinski definition) is 4. The monoisotopic (exact) mass is 364 g/mol. The topological polar surface area (TPSA) is 49.3 Å². The number of carbonyl (C=O) groups excluding carboxylic acids is 1. The first kappa shape index (κ1) is 18.1. The zero-order valence-electron chi connectivity index (χ0n) is 16.3. The van der Waals surface area contributed by atoms with E-state index in [2.05, 4.69) is 48.1 Å². The molecule has 5 nitrogen and oxygen atoms in total. The third-order valence-corrected chi connectivity index (χ3v) is 5.76. The highest BCUT2D eigenvalue weighted by Crippen LogP contribution is 2.26. The maximum atomic E-state index is 12.8. The SMILES string of the molecule is Cc1ccc(CC(=O)N2CCC[C@@H](c3ncc4c(n3)CCN(C)C4)C2)cc1. The number of piperidine rings is 1. The van der Waals surface area contributed by atoms with Crippen LogP contribution in [0.4, 0.5) is 0 Å². The van der Waals surface area contributed by atoms with Crippen LogP contribution in [0.5, 0.6) is 0 Å². The fraction of sp³-hybridized carbons (Fsp3) is 0.500. The van der Waals surface area contributed by atoms with Gasteiger partial charge in [0.15, 0.2) is 0 Å². The average molecular weight is 364 g/mol. The van der Waals surface area contributed by atoms with Crippen LogP contribution in [0.25, 0.3) is 0 Å². The van der Waals surface area contributed by atoms with E-state index in [0.29, 0.717) is 6.42 Å². The molecule has 1 aromatic carbocycles. The van der Waals surface area contributed by atoms with Crippen molar-refractivity contribution in [3.8, 4) is 0 Å². The van der Waals surface area contributed by atoms with Gasteiger partial charge in [-0.2, -0.15) is 0 Å². The van der Waals surface area contributed by atoms with E-state index in [4.69, 9.17) is 4.98 Å². The Kier molecular flexibility index (Phi) is 5.21. The second kappa shape index (κ2) is 7.77. The number of aromatic nitrogens is 2. The number of nitrogens with zero attached hydrogens (tertiary/aromatic N) is 4. The second-order valence-corrected chi connectivity index (χ2v) is 8.03. The molecule has 2 aromatic rings. The number of likely N-dealkylation sites (N-methyl/N-ethyl adjacent to an activating group) is 1. The quantitative estimate of drug-likeness (QED) is 0.840. The first-order chi connectivity index (χ1) is 13.1. The highest BCUT2D eigenvalue weighted by Gasteiger charge is 2.27. The number of hydrogen-bond donors (Lipinski definition) is 0. The van der Waals surface area contributed by atoms with Gasteiger partial charge in [0.05, 0.1) is 6.42 Å². The van der Waals surface area contributed by atoms with Gasteiger partial charge in [-0.05, 0) is 32.4 Å². The molecule has 1 saturated heterocycles. The van der Waals surface area contributed by atoms with Crippen molar-refractivity contribution in [1.29, 1.82) is 0 Å². The Bertz CT molecular complexity index is 818. The average Bonchev–Trinajstić information content (AvgIpc) is 2.69. The normalized spacial score (nSPS) is 20.4. The fourth-order valence-electron chi connectivity index (χ4n) is 4.08. The summed E-state index contributed by atoms with van der Waals surface area (Å²) in [5.41, 5.74) is 4.75. The summed E-state index contributed by atoms with van der Waals surface area (Å²) in [7, 11) is 2.13. The lowest BCUT2D eigenvalue weighted by Crippen LogP contribution is -2.40. The molecular formula is C22H28N4O. The van der Waals surface area contributed by atoms with Crippen molar-refractivity contribution in [3.63, 3.8) is 0 Å². The van der Waals surface area contributed by atoms with Crippen molar-refractivity contribution in [2.45, 2.75) is 45.1 Å². The van der Waals surface area contributed by atoms with E-state index < -0.39 is 0 Å². The van der Waals surface area contributed by atoms with Crippen molar-refractivity contribution in [2.24, 2.45) is 0 Å². The molecule has 1 fully saturated rings. The van der Waals surface area contributed by atoms with Gasteiger partial charge < -0.3 is 9.80 Å². The van der Waals surface area contributed by atoms with Crippen LogP contribution >= 0.6 is 0 Å². The van der Waals surface area contributed by atoms with Crippen molar-refractivity contribution in [2.75, 3.05) is 26.7 Å². The van der Waals surface area contributed by atoms with Crippen LogP contribution in [-0.2, 0) is 24.2 Å². The molecule has 0 bridgehead atoms. The van der Waals surface area contributed by atoms with Gasteiger partial charge in [0.25, 0.3) is 0 Å². The molecule has 2 aliphatic rings. The standard InChI is InChI=1S/C22H28N4O/c1-16-5-7-17(8-6-16)12-21(27)26-10-3-4-18(15-26)22-23-13-19-14-25(2)11-9-20(19)24-22/h5-8,13,18H,3-4,9-12,14-15H2,1-2H3/t18-/m1/s1. The summed E-state index contributed by atoms with van der Waals surface area (Å²) in [5.74, 6) is 1.39. The zero-order valence-corrected chi connectivity index (χ0v) is 16.3. The van der Waals surface area contributed by atoms with Crippen molar-refractivity contribution in [1.82, 2.24) is 19.8 Å². The Morgan fingerprint density at radius 2 is 2.04 bits per heavy atom. The van der Waals surface area contributed by atoms with Crippen LogP contribution in [0.1, 0.15) is 47.0 Å². The van der Waals surface area contributed by atoms with Crippen LogP contribution in [0.2, 0.25) is 0 Å². The van der Waals surface area contributed by atoms with Crippen LogP contribution in [0, 0.1) is 6.92 Å². The number of likely N-dealkylation sites (tertiary alicyclic amines) is 1. The van der Waals surface area contributed by atoms with E-state index in [9.17, 15) is 4.79 Å². The molecule has 2 aliphatic heterocycles. The third-order valence-electron chi connectivity index (χ3n) is 5.76. The van der Waals surface area contributed by atoms with Crippen molar-refractivity contribution < 1.29 is 4.79 Å². The van der Waals surface area contributed by atoms with Gasteiger partial charge in [-0.3, -0.25) is 4.79 Å². The summed E-state index contributed by atoms with van der Waals surface area (Å²) in [6, 6.07) is 8.25. The molecule has 0 aliphatic carbocycles. The molecule has 1 atom stereocenters. The molecule has 1 amide bonds. The number of fused-ring (bicyclic) bond motifs is 1. The molecule has 142 valence electrons. The highest BCUT2D eigenvalue weighted by atomic mass is 16.2. The molecule has 1 aromatic heterocycles. The van der Waals surface area contributed by atoms with Crippen LogP contribution < -0.4 is 0 Å². The van der Waals surface area contributed by atoms with E-state index in [1.54, 1.807) is 0 Å². The first-order valence-electron chi connectivity index (χ1n) is 9.95. The van der Waals surface area contributed by atoms with Crippen molar-refractivity contribution in [3.05, 3.63) is 58.7 Å². The first-order valence-corrected chi connectivity index (χ1v) is 9.95. The van der Waals surface area contributed by atoms with Gasteiger partial charge in [-0.25, -0.2) is 9.97 Å². The van der Waals surface area contributed by atoms with E-state index in [0.717, 1.165) is 56.8 Å². The summed E-state index contributed by atoms with van der Waals surface area (Å²) in [6.07, 6.45) is 5.55. The molecular weight excluding hydrogens is 336 g/mol. The predicted octanol–water partition coefficient (Wildman–Crippen LogP) is 2.72. The summed E-state index contributed by atoms with van der Waals surface area (Å²) in [6.45, 7) is 5.63. The van der Waals surface area contributed by atoms with E-state index in [1.807, 2.05) is 11.1 Å². The Hall–Kier alpha value is -2.27. The second-order valence-electron chi connectivity index (χ2n) is 8.03. The molecule has 0 unspecified atom stereocenters. The van der Waals surface area contributed by atoms with E-state index in [-0.39, 0.29) is 11.8 Å². The lowest BCUT2D eigenvalue weighted by molar-refractivity contribution is -0.131. The lowest BCUT2D eigenvalue weighted by Gasteiger charge is -2.33. The molecule has 0 saturated carbocycles. The van der Waals surface area contributed by atoms with Gasteiger partial charge in [0.1, 0.15) is 5.82 Å². The van der Waals surface area contributed by atoms with Gasteiger partial charge in [-0.1, -0.05) is 29.8 Å². The molecule has 3 heterocycles. The predicted molar refractivity (Wildman–Crippen MR) is 106 cm³/mol. The fourth-order valence-corrected chi connectivity index (χ4v) is 4.08. The minimum absolute atomic E-state index is 0.211. The Balaban J connectivity index is 1.43. The van der Waals surface area contributed by atoms with Gasteiger partial charge >= 0.3 is 0 Å². The molecule has 5 heteroatoms. The summed E-state index contributed by atoms with van der Waals surface area (Å²) < 4.78 is 0. The minimum Gasteiger partial charge on any atom is -0.342 e. The third kappa shape index (κ3) is 4.19. The highest BCUT2D eigenvalue weighted by molar-refractivity contribution is 5.79. The smallest absolute Gasteiger partial charge is 0.227 e. The molecule has 0 radical (unpaired) electrons. The van der Waals surface area contributed by atoms with Crippen LogP contribution in [-0.4, -0.2) is 52.4 Å². The molecule has 0 N–H and O–H groups in total. The Morgan fingerprint density at radius 3 is 2.85 bits per heavy atom. The summed E-state index contributed by atoms with van der Waals surface area (Å²) in [5, 5.41) is 0.